The van der Waals surface area contributed by atoms with Crippen LogP contribution in [0.3, 0.4) is 0 Å². The van der Waals surface area contributed by atoms with Crippen molar-refractivity contribution in [2.24, 2.45) is 0 Å². The van der Waals surface area contributed by atoms with E-state index in [9.17, 15) is 14.2 Å². The van der Waals surface area contributed by atoms with Crippen LogP contribution in [0.1, 0.15) is 51.7 Å². The Balaban J connectivity index is 2.94. The number of Topliss-reactive ketones (excluding diaryl/α,β-unsaturated/α-hetero) is 1. The van der Waals surface area contributed by atoms with Gasteiger partial charge in [0.1, 0.15) is 18.0 Å². The minimum atomic E-state index is -3.48. The molecule has 0 N–H and O–H groups in total. The van der Waals surface area contributed by atoms with Crippen molar-refractivity contribution in [3.8, 4) is 0 Å². The molecule has 0 bridgehead atoms. The first-order chi connectivity index (χ1) is 12.3. The van der Waals surface area contributed by atoms with Crippen LogP contribution in [0.4, 0.5) is 0 Å². The zero-order valence-electron chi connectivity index (χ0n) is 15.4. The Morgan fingerprint density at radius 1 is 1.12 bits per heavy atom. The number of benzene rings is 1. The summed E-state index contributed by atoms with van der Waals surface area (Å²) in [6.45, 7) is 5.62. The van der Waals surface area contributed by atoms with E-state index in [2.05, 4.69) is 15.9 Å². The van der Waals surface area contributed by atoms with Crippen LogP contribution in [0.2, 0.25) is 0 Å². The van der Waals surface area contributed by atoms with Gasteiger partial charge in [-0.3, -0.25) is 14.2 Å². The second-order valence-electron chi connectivity index (χ2n) is 5.60. The summed E-state index contributed by atoms with van der Waals surface area (Å²) in [7, 11) is -3.48. The van der Waals surface area contributed by atoms with Gasteiger partial charge in [0.15, 0.2) is 0 Å². The van der Waals surface area contributed by atoms with E-state index < -0.39 is 13.7 Å². The van der Waals surface area contributed by atoms with E-state index in [0.29, 0.717) is 12.0 Å². The molecule has 0 saturated carbocycles. The number of halogens is 1. The SMILES string of the molecule is CCCC(=O)O[C@@H](CC(=O)CP(=O)(OCC)OCC)c1ccccc1Br. The van der Waals surface area contributed by atoms with Gasteiger partial charge in [-0.15, -0.1) is 0 Å². The van der Waals surface area contributed by atoms with Crippen LogP contribution in [0.5, 0.6) is 0 Å². The van der Waals surface area contributed by atoms with Crippen LogP contribution in [0.15, 0.2) is 28.7 Å². The van der Waals surface area contributed by atoms with Crippen molar-refractivity contribution in [2.75, 3.05) is 19.4 Å². The van der Waals surface area contributed by atoms with E-state index in [1.54, 1.807) is 26.0 Å². The Kier molecular flexibility index (Phi) is 10.3. The largest absolute Gasteiger partial charge is 0.457 e. The second kappa shape index (κ2) is 11.7. The number of carbonyl (C=O) groups excluding carboxylic acids is 2. The van der Waals surface area contributed by atoms with E-state index in [4.69, 9.17) is 13.8 Å². The van der Waals surface area contributed by atoms with Crippen LogP contribution in [0.25, 0.3) is 0 Å². The quantitative estimate of drug-likeness (QED) is 0.328. The summed E-state index contributed by atoms with van der Waals surface area (Å²) in [4.78, 5) is 24.5. The van der Waals surface area contributed by atoms with Crippen LogP contribution in [0, 0.1) is 0 Å². The number of ketones is 1. The molecule has 0 amide bonds. The molecule has 1 aromatic rings. The third kappa shape index (κ3) is 7.70. The minimum Gasteiger partial charge on any atom is -0.457 e. The maximum atomic E-state index is 12.6. The van der Waals surface area contributed by atoms with Gasteiger partial charge in [0, 0.05) is 22.9 Å². The fourth-order valence-electron chi connectivity index (χ4n) is 2.38. The molecule has 0 aliphatic heterocycles. The third-order valence-corrected chi connectivity index (χ3v) is 6.18. The third-order valence-electron chi connectivity index (χ3n) is 3.41. The van der Waals surface area contributed by atoms with Crippen LogP contribution in [-0.4, -0.2) is 31.1 Å². The fraction of sp³-hybridized carbons (Fsp3) is 0.556. The molecule has 0 spiro atoms. The van der Waals surface area contributed by atoms with Crippen molar-refractivity contribution >= 4 is 35.3 Å². The Labute approximate surface area is 163 Å². The number of carbonyl (C=O) groups is 2. The van der Waals surface area contributed by atoms with Gasteiger partial charge in [-0.1, -0.05) is 41.1 Å². The molecule has 6 nitrogen and oxygen atoms in total. The lowest BCUT2D eigenvalue weighted by atomic mass is 10.0. The van der Waals surface area contributed by atoms with Crippen LogP contribution < -0.4 is 0 Å². The maximum Gasteiger partial charge on any atom is 0.338 e. The molecule has 146 valence electrons. The molecule has 0 unspecified atom stereocenters. The van der Waals surface area contributed by atoms with Crippen molar-refractivity contribution < 1.29 is 27.9 Å². The summed E-state index contributed by atoms with van der Waals surface area (Å²) < 4.78 is 29.1. The molecule has 1 atom stereocenters. The fourth-order valence-corrected chi connectivity index (χ4v) is 4.53. The second-order valence-corrected chi connectivity index (χ2v) is 8.51. The normalized spacial score (nSPS) is 12.6. The van der Waals surface area contributed by atoms with Gasteiger partial charge in [-0.05, 0) is 26.3 Å². The average Bonchev–Trinajstić information content (AvgIpc) is 2.55. The Morgan fingerprint density at radius 3 is 2.27 bits per heavy atom. The molecule has 1 rings (SSSR count). The number of rotatable bonds is 12. The summed E-state index contributed by atoms with van der Waals surface area (Å²) in [5, 5.41) is 0. The lowest BCUT2D eigenvalue weighted by Gasteiger charge is -2.21. The van der Waals surface area contributed by atoms with Gasteiger partial charge in [0.2, 0.25) is 0 Å². The first-order valence-corrected chi connectivity index (χ1v) is 11.2. The zero-order chi connectivity index (χ0) is 19.6. The van der Waals surface area contributed by atoms with Crippen molar-refractivity contribution in [1.82, 2.24) is 0 Å². The highest BCUT2D eigenvalue weighted by atomic mass is 79.9. The molecular formula is C18H26BrO6P. The summed E-state index contributed by atoms with van der Waals surface area (Å²) in [6.07, 6.45) is -0.276. The van der Waals surface area contributed by atoms with Crippen molar-refractivity contribution in [3.05, 3.63) is 34.3 Å². The first-order valence-electron chi connectivity index (χ1n) is 8.68. The van der Waals surface area contributed by atoms with Crippen LogP contribution >= 0.6 is 23.5 Å². The highest BCUT2D eigenvalue weighted by Crippen LogP contribution is 2.48. The van der Waals surface area contributed by atoms with E-state index >= 15 is 0 Å². The van der Waals surface area contributed by atoms with Gasteiger partial charge in [-0.2, -0.15) is 0 Å². The van der Waals surface area contributed by atoms with Crippen molar-refractivity contribution in [2.45, 2.75) is 46.1 Å². The van der Waals surface area contributed by atoms with Crippen LogP contribution in [-0.2, 0) is 27.9 Å². The maximum absolute atomic E-state index is 12.6. The Hall–Kier alpha value is -1.01. The molecular weight excluding hydrogens is 423 g/mol. The van der Waals surface area contributed by atoms with Gasteiger partial charge in [0.25, 0.3) is 0 Å². The number of hydrogen-bond acceptors (Lipinski definition) is 6. The predicted octanol–water partition coefficient (Wildman–Crippen LogP) is 5.06. The summed E-state index contributed by atoms with van der Waals surface area (Å²) in [6, 6.07) is 7.23. The molecule has 0 radical (unpaired) electrons. The topological polar surface area (TPSA) is 78.9 Å². The molecule has 0 aliphatic carbocycles. The monoisotopic (exact) mass is 448 g/mol. The van der Waals surface area contributed by atoms with Gasteiger partial charge in [0.05, 0.1) is 13.2 Å². The predicted molar refractivity (Wildman–Crippen MR) is 103 cm³/mol. The minimum absolute atomic E-state index is 0.0950. The molecule has 26 heavy (non-hydrogen) atoms. The lowest BCUT2D eigenvalue weighted by Crippen LogP contribution is -2.18. The Morgan fingerprint density at radius 2 is 1.73 bits per heavy atom. The smallest absolute Gasteiger partial charge is 0.338 e. The highest BCUT2D eigenvalue weighted by Gasteiger charge is 2.30. The van der Waals surface area contributed by atoms with Gasteiger partial charge >= 0.3 is 13.6 Å². The van der Waals surface area contributed by atoms with Gasteiger partial charge in [-0.25, -0.2) is 0 Å². The van der Waals surface area contributed by atoms with E-state index in [-0.39, 0.29) is 44.0 Å². The molecule has 0 heterocycles. The Bertz CT molecular complexity index is 638. The average molecular weight is 449 g/mol. The molecule has 8 heteroatoms. The molecule has 0 saturated heterocycles. The van der Waals surface area contributed by atoms with E-state index in [0.717, 1.165) is 4.47 Å². The highest BCUT2D eigenvalue weighted by molar-refractivity contribution is 9.10. The van der Waals surface area contributed by atoms with E-state index in [1.807, 2.05) is 19.1 Å². The standard InChI is InChI=1S/C18H26BrO6P/c1-4-9-18(21)25-17(15-10-7-8-11-16(15)19)12-14(20)13-26(22,23-5-2)24-6-3/h7-8,10-11,17H,4-6,9,12-13H2,1-3H3/t17-/m0/s1. The van der Waals surface area contributed by atoms with Crippen molar-refractivity contribution in [1.29, 1.82) is 0 Å². The molecule has 1 aromatic carbocycles. The summed E-state index contributed by atoms with van der Waals surface area (Å²) >= 11 is 3.42. The molecule has 0 aromatic heterocycles. The number of esters is 1. The first kappa shape index (κ1) is 23.0. The summed E-state index contributed by atoms with van der Waals surface area (Å²) in [5.74, 6) is -0.723. The molecule has 0 aliphatic rings. The lowest BCUT2D eigenvalue weighted by molar-refractivity contribution is -0.150. The van der Waals surface area contributed by atoms with E-state index in [1.165, 1.54) is 0 Å². The number of ether oxygens (including phenoxy) is 1. The summed E-state index contributed by atoms with van der Waals surface area (Å²) in [5.41, 5.74) is 0.688. The molecule has 0 fully saturated rings. The van der Waals surface area contributed by atoms with Gasteiger partial charge < -0.3 is 13.8 Å². The number of hydrogen-bond donors (Lipinski definition) is 0. The zero-order valence-corrected chi connectivity index (χ0v) is 17.9. The van der Waals surface area contributed by atoms with Crippen molar-refractivity contribution in [3.63, 3.8) is 0 Å².